The molecule has 2 heterocycles. The molecule has 0 amide bonds. The number of nitrogens with zero attached hydrogens (tertiary/aromatic N) is 3. The molecule has 10 heteroatoms. The Morgan fingerprint density at radius 3 is 2.53 bits per heavy atom. The molecular weight excluding hydrogens is 422 g/mol. The van der Waals surface area contributed by atoms with Gasteiger partial charge < -0.3 is 9.30 Å². The highest BCUT2D eigenvalue weighted by molar-refractivity contribution is 7.13. The highest BCUT2D eigenvalue weighted by Gasteiger charge is 2.38. The predicted octanol–water partition coefficient (Wildman–Crippen LogP) is 5.06. The van der Waals surface area contributed by atoms with Crippen molar-refractivity contribution in [1.82, 2.24) is 14.5 Å². The second-order valence-corrected chi connectivity index (χ2v) is 7.18. The average molecular weight is 435 g/mol. The number of thiazole rings is 1. The second-order valence-electron chi connectivity index (χ2n) is 6.32. The molecule has 0 aliphatic carbocycles. The first-order valence-corrected chi connectivity index (χ1v) is 9.57. The smallest absolute Gasteiger partial charge is 0.449 e. The fourth-order valence-corrected chi connectivity index (χ4v) is 3.69. The van der Waals surface area contributed by atoms with Crippen LogP contribution in [0.1, 0.15) is 11.5 Å². The van der Waals surface area contributed by atoms with Gasteiger partial charge in [0.2, 0.25) is 5.82 Å². The van der Waals surface area contributed by atoms with E-state index in [9.17, 15) is 22.4 Å². The standard InChI is InChI=1S/C20H13F4N3O2S/c21-13-7-5-12(6-8-13)18-25-14(11-30-18)10-29-17(28)9-27-16-4-2-1-3-15(16)26-19(27)20(22,23)24/h1-8,11H,9-10H2. The van der Waals surface area contributed by atoms with Crippen molar-refractivity contribution in [2.24, 2.45) is 0 Å². The van der Waals surface area contributed by atoms with Gasteiger partial charge in [0.25, 0.3) is 0 Å². The molecule has 5 nitrogen and oxygen atoms in total. The molecule has 2 aromatic heterocycles. The van der Waals surface area contributed by atoms with Gasteiger partial charge in [-0.05, 0) is 36.4 Å². The number of carbonyl (C=O) groups excluding carboxylic acids is 1. The molecular formula is C20H13F4N3O2S. The molecule has 30 heavy (non-hydrogen) atoms. The highest BCUT2D eigenvalue weighted by Crippen LogP contribution is 2.31. The minimum atomic E-state index is -4.71. The number of fused-ring (bicyclic) bond motifs is 1. The number of carbonyl (C=O) groups is 1. The van der Waals surface area contributed by atoms with Gasteiger partial charge in [-0.25, -0.2) is 14.4 Å². The average Bonchev–Trinajstić information content (AvgIpc) is 3.32. The van der Waals surface area contributed by atoms with Crippen molar-refractivity contribution in [2.45, 2.75) is 19.3 Å². The van der Waals surface area contributed by atoms with Crippen molar-refractivity contribution < 1.29 is 27.1 Å². The maximum Gasteiger partial charge on any atom is 0.449 e. The Bertz CT molecular complexity index is 1200. The van der Waals surface area contributed by atoms with Crippen LogP contribution in [-0.4, -0.2) is 20.5 Å². The SMILES string of the molecule is O=C(Cn1c(C(F)(F)F)nc2ccccc21)OCc1csc(-c2ccc(F)cc2)n1. The maximum atomic E-state index is 13.3. The lowest BCUT2D eigenvalue weighted by Gasteiger charge is -2.11. The second kappa shape index (κ2) is 7.86. The van der Waals surface area contributed by atoms with Gasteiger partial charge in [-0.1, -0.05) is 12.1 Å². The van der Waals surface area contributed by atoms with Gasteiger partial charge in [0, 0.05) is 10.9 Å². The number of imidazole rings is 1. The summed E-state index contributed by atoms with van der Waals surface area (Å²) in [6, 6.07) is 11.8. The zero-order chi connectivity index (χ0) is 21.3. The predicted molar refractivity (Wildman–Crippen MR) is 102 cm³/mol. The van der Waals surface area contributed by atoms with E-state index in [2.05, 4.69) is 9.97 Å². The topological polar surface area (TPSA) is 57.0 Å². The van der Waals surface area contributed by atoms with Crippen LogP contribution >= 0.6 is 11.3 Å². The normalized spacial score (nSPS) is 11.7. The Morgan fingerprint density at radius 2 is 1.80 bits per heavy atom. The Labute approximate surface area is 171 Å². The molecule has 0 saturated carbocycles. The molecule has 0 radical (unpaired) electrons. The highest BCUT2D eigenvalue weighted by atomic mass is 32.1. The third kappa shape index (κ3) is 4.18. The molecule has 0 saturated heterocycles. The van der Waals surface area contributed by atoms with Crippen molar-refractivity contribution in [3.8, 4) is 10.6 Å². The summed E-state index contributed by atoms with van der Waals surface area (Å²) >= 11 is 1.28. The van der Waals surface area contributed by atoms with Crippen LogP contribution in [0.25, 0.3) is 21.6 Å². The maximum absolute atomic E-state index is 13.3. The quantitative estimate of drug-likeness (QED) is 0.325. The van der Waals surface area contributed by atoms with Crippen LogP contribution in [-0.2, 0) is 28.9 Å². The number of benzene rings is 2. The summed E-state index contributed by atoms with van der Waals surface area (Å²) in [6.07, 6.45) is -4.71. The largest absolute Gasteiger partial charge is 0.458 e. The monoisotopic (exact) mass is 435 g/mol. The molecule has 0 fully saturated rings. The summed E-state index contributed by atoms with van der Waals surface area (Å²) in [7, 11) is 0. The zero-order valence-corrected chi connectivity index (χ0v) is 16.0. The van der Waals surface area contributed by atoms with Gasteiger partial charge >= 0.3 is 12.1 Å². The molecule has 0 N–H and O–H groups in total. The van der Waals surface area contributed by atoms with Crippen LogP contribution in [0.15, 0.2) is 53.9 Å². The van der Waals surface area contributed by atoms with Crippen molar-refractivity contribution in [1.29, 1.82) is 0 Å². The first kappa shape index (κ1) is 20.0. The van der Waals surface area contributed by atoms with Crippen LogP contribution in [0.3, 0.4) is 0 Å². The first-order chi connectivity index (χ1) is 14.3. The number of hydrogen-bond acceptors (Lipinski definition) is 5. The molecule has 0 aliphatic rings. The van der Waals surface area contributed by atoms with Gasteiger partial charge in [0.1, 0.15) is 24.0 Å². The first-order valence-electron chi connectivity index (χ1n) is 8.70. The summed E-state index contributed by atoms with van der Waals surface area (Å²) in [6.45, 7) is -0.825. The van der Waals surface area contributed by atoms with Crippen molar-refractivity contribution in [2.75, 3.05) is 0 Å². The summed E-state index contributed by atoms with van der Waals surface area (Å²) < 4.78 is 58.9. The van der Waals surface area contributed by atoms with Crippen LogP contribution in [0.5, 0.6) is 0 Å². The molecule has 2 aromatic carbocycles. The molecule has 4 aromatic rings. The van der Waals surface area contributed by atoms with E-state index in [1.54, 1.807) is 29.6 Å². The Morgan fingerprint density at radius 1 is 1.07 bits per heavy atom. The molecule has 154 valence electrons. The number of hydrogen-bond donors (Lipinski definition) is 0. The number of alkyl halides is 3. The third-order valence-corrected chi connectivity index (χ3v) is 5.16. The molecule has 0 unspecified atom stereocenters. The molecule has 0 aliphatic heterocycles. The van der Waals surface area contributed by atoms with E-state index < -0.39 is 24.5 Å². The number of ether oxygens (including phenoxy) is 1. The third-order valence-electron chi connectivity index (χ3n) is 4.22. The van der Waals surface area contributed by atoms with Gasteiger partial charge in [0.15, 0.2) is 0 Å². The lowest BCUT2D eigenvalue weighted by Crippen LogP contribution is -2.20. The fourth-order valence-electron chi connectivity index (χ4n) is 2.88. The van der Waals surface area contributed by atoms with Crippen LogP contribution in [0.2, 0.25) is 0 Å². The van der Waals surface area contributed by atoms with Gasteiger partial charge in [0.05, 0.1) is 16.7 Å². The van der Waals surface area contributed by atoms with Crippen LogP contribution in [0, 0.1) is 5.82 Å². The molecule has 4 rings (SSSR count). The molecule has 0 atom stereocenters. The zero-order valence-electron chi connectivity index (χ0n) is 15.2. The van der Waals surface area contributed by atoms with Crippen molar-refractivity contribution in [3.05, 3.63) is 71.2 Å². The van der Waals surface area contributed by atoms with E-state index in [1.807, 2.05) is 0 Å². The van der Waals surface area contributed by atoms with E-state index in [-0.39, 0.29) is 23.5 Å². The number of para-hydroxylation sites is 2. The van der Waals surface area contributed by atoms with Crippen molar-refractivity contribution in [3.63, 3.8) is 0 Å². The number of aromatic nitrogens is 3. The van der Waals surface area contributed by atoms with Gasteiger partial charge in [-0.2, -0.15) is 13.2 Å². The van der Waals surface area contributed by atoms with E-state index in [0.717, 1.165) is 4.57 Å². The van der Waals surface area contributed by atoms with E-state index in [4.69, 9.17) is 4.74 Å². The lowest BCUT2D eigenvalue weighted by atomic mass is 10.2. The Hall–Kier alpha value is -3.27. The summed E-state index contributed by atoms with van der Waals surface area (Å²) in [4.78, 5) is 20.1. The molecule has 0 bridgehead atoms. The summed E-state index contributed by atoms with van der Waals surface area (Å²) in [5, 5.41) is 2.28. The minimum Gasteiger partial charge on any atom is -0.458 e. The molecule has 0 spiro atoms. The van der Waals surface area contributed by atoms with Gasteiger partial charge in [-0.3, -0.25) is 4.79 Å². The lowest BCUT2D eigenvalue weighted by molar-refractivity contribution is -0.151. The Balaban J connectivity index is 1.47. The fraction of sp³-hybridized carbons (Fsp3) is 0.150. The minimum absolute atomic E-state index is 0.140. The van der Waals surface area contributed by atoms with Gasteiger partial charge in [-0.15, -0.1) is 11.3 Å². The van der Waals surface area contributed by atoms with E-state index in [0.29, 0.717) is 16.3 Å². The number of halogens is 4. The van der Waals surface area contributed by atoms with Crippen LogP contribution in [0.4, 0.5) is 17.6 Å². The van der Waals surface area contributed by atoms with Crippen LogP contribution < -0.4 is 0 Å². The number of rotatable bonds is 5. The summed E-state index contributed by atoms with van der Waals surface area (Å²) in [5.74, 6) is -2.37. The van der Waals surface area contributed by atoms with Crippen molar-refractivity contribution >= 4 is 28.3 Å². The summed E-state index contributed by atoms with van der Waals surface area (Å²) in [5.41, 5.74) is 1.48. The van der Waals surface area contributed by atoms with E-state index in [1.165, 1.54) is 35.6 Å². The van der Waals surface area contributed by atoms with E-state index >= 15 is 0 Å². The number of esters is 1. The Kier molecular flexibility index (Phi) is 5.25.